The fourth-order valence-corrected chi connectivity index (χ4v) is 21.0. The maximum absolute atomic E-state index is 13.5. The van der Waals surface area contributed by atoms with Gasteiger partial charge in [-0.15, -0.1) is 11.6 Å². The van der Waals surface area contributed by atoms with Gasteiger partial charge in [-0.1, -0.05) is 146 Å². The Bertz CT molecular complexity index is 6410. The molecule has 6 unspecified atom stereocenters. The van der Waals surface area contributed by atoms with Crippen molar-refractivity contribution in [2.75, 3.05) is 151 Å². The van der Waals surface area contributed by atoms with Gasteiger partial charge >= 0.3 is 24.4 Å². The summed E-state index contributed by atoms with van der Waals surface area (Å²) in [5, 5.41) is 7.78. The minimum Gasteiger partial charge on any atom is -0.494 e. The number of H-pyrrole nitrogens is 4. The van der Waals surface area contributed by atoms with Crippen molar-refractivity contribution in [1.29, 1.82) is 0 Å². The van der Waals surface area contributed by atoms with Crippen LogP contribution in [0.3, 0.4) is 0 Å². The molecule has 6 atom stereocenters. The van der Waals surface area contributed by atoms with E-state index < -0.39 is 17.7 Å². The summed E-state index contributed by atoms with van der Waals surface area (Å²) in [6.45, 7) is 28.3. The largest absolute Gasteiger partial charge is 0.494 e. The minimum absolute atomic E-state index is 0.00838. The monoisotopic (exact) mass is 2060 g/mol. The molecule has 24 nitrogen and oxygen atoms in total. The number of likely N-dealkylation sites (N-methyl/N-ethyl adjacent to an activating group) is 1. The van der Waals surface area contributed by atoms with Crippen LogP contribution in [0.2, 0.25) is 25.1 Å². The number of ether oxygens (including phenoxy) is 8. The molecule has 4 amide bonds. The van der Waals surface area contributed by atoms with Gasteiger partial charge in [-0.3, -0.25) is 19.6 Å². The molecule has 2 fully saturated rings. The van der Waals surface area contributed by atoms with Gasteiger partial charge in [0.15, 0.2) is 5.56 Å². The molecule has 0 bridgehead atoms. The number of alkyl halides is 2. The Balaban J connectivity index is 0.000000136. The maximum atomic E-state index is 13.5. The van der Waals surface area contributed by atoms with Crippen molar-refractivity contribution >= 4 is 149 Å². The third-order valence-corrected chi connectivity index (χ3v) is 29.4. The average Bonchev–Trinajstić information content (AvgIpc) is 1.61. The van der Waals surface area contributed by atoms with Crippen molar-refractivity contribution in [2.24, 2.45) is 11.8 Å². The Hall–Kier alpha value is -10.7. The predicted molar refractivity (Wildman–Crippen MR) is 569 cm³/mol. The maximum Gasteiger partial charge on any atom is 0.416 e. The van der Waals surface area contributed by atoms with Crippen molar-refractivity contribution in [2.45, 2.75) is 129 Å². The smallest absolute Gasteiger partial charge is 0.416 e. The first-order chi connectivity index (χ1) is 68.9. The number of halogens is 7. The minimum atomic E-state index is -0.696. The number of carbonyl (C=O) groups excluding carboxylic acids is 4. The fourth-order valence-electron chi connectivity index (χ4n) is 20.0. The number of benzene rings is 9. The van der Waals surface area contributed by atoms with Crippen LogP contribution in [-0.4, -0.2) is 240 Å². The van der Waals surface area contributed by atoms with E-state index in [0.717, 1.165) is 215 Å². The molecule has 0 aliphatic carbocycles. The van der Waals surface area contributed by atoms with Crippen LogP contribution in [0.25, 0.3) is 43.6 Å². The average molecular weight is 2070 g/mol. The summed E-state index contributed by atoms with van der Waals surface area (Å²) in [6.07, 6.45) is 6.64. The topological polar surface area (TPSA) is 231 Å². The lowest BCUT2D eigenvalue weighted by molar-refractivity contribution is 0.0654. The lowest BCUT2D eigenvalue weighted by Crippen LogP contribution is -2.44. The van der Waals surface area contributed by atoms with Gasteiger partial charge in [0.05, 0.1) is 39.6 Å². The third-order valence-electron chi connectivity index (χ3n) is 27.4. The summed E-state index contributed by atoms with van der Waals surface area (Å²) >= 11 is 43.2. The first-order valence-corrected chi connectivity index (χ1v) is 52.5. The summed E-state index contributed by atoms with van der Waals surface area (Å²) in [4.78, 5) is 83.4. The number of rotatable bonds is 28. The number of piperidine rings is 1. The Labute approximate surface area is 866 Å². The summed E-state index contributed by atoms with van der Waals surface area (Å²) in [5.74, 6) is 4.86. The Morgan fingerprint density at radius 1 is 0.401 bits per heavy atom. The summed E-state index contributed by atoms with van der Waals surface area (Å²) in [6, 6.07) is 61.1. The third kappa shape index (κ3) is 25.4. The molecular weight excluding hydrogens is 1940 g/mol. The van der Waals surface area contributed by atoms with Gasteiger partial charge in [-0.25, -0.2) is 19.2 Å². The molecule has 31 heteroatoms. The van der Waals surface area contributed by atoms with E-state index in [4.69, 9.17) is 119 Å². The molecule has 4 aromatic heterocycles. The van der Waals surface area contributed by atoms with Crippen LogP contribution in [-0.2, 0) is 39.9 Å². The van der Waals surface area contributed by atoms with Crippen LogP contribution in [0.15, 0.2) is 194 Å². The molecular formula is C111H127Cl7N12O12. The molecule has 0 spiro atoms. The molecule has 2 saturated heterocycles. The lowest BCUT2D eigenvalue weighted by atomic mass is 9.92. The van der Waals surface area contributed by atoms with Gasteiger partial charge in [0.25, 0.3) is 0 Å². The van der Waals surface area contributed by atoms with Gasteiger partial charge in [-0.05, 0) is 295 Å². The second-order valence-corrected chi connectivity index (χ2v) is 40.2. The number of nitrogens with one attached hydrogen (secondary N) is 4. The van der Waals surface area contributed by atoms with Crippen LogP contribution in [0.5, 0.6) is 28.7 Å². The van der Waals surface area contributed by atoms with Crippen LogP contribution in [0, 0.1) is 11.8 Å². The van der Waals surface area contributed by atoms with E-state index in [2.05, 4.69) is 91.7 Å². The van der Waals surface area contributed by atoms with Crippen molar-refractivity contribution in [3.8, 4) is 28.7 Å². The predicted octanol–water partition coefficient (Wildman–Crippen LogP) is 25.5. The lowest BCUT2D eigenvalue weighted by Gasteiger charge is -2.36. The highest BCUT2D eigenvalue weighted by atomic mass is 35.5. The molecule has 6 aliphatic heterocycles. The number of fused-ring (bicyclic) bond motifs is 12. The Kier molecular flexibility index (Phi) is 36.1. The highest BCUT2D eigenvalue weighted by Gasteiger charge is 2.42. The van der Waals surface area contributed by atoms with E-state index in [1.165, 1.54) is 36.1 Å². The number of hydrogen-bond acceptors (Lipinski definition) is 16. The number of carbonyl (C=O) groups is 4. The van der Waals surface area contributed by atoms with Gasteiger partial charge in [0, 0.05) is 181 Å². The van der Waals surface area contributed by atoms with E-state index in [1.54, 1.807) is 34.1 Å². The zero-order valence-electron chi connectivity index (χ0n) is 81.9. The second kappa shape index (κ2) is 49.2. The van der Waals surface area contributed by atoms with Crippen LogP contribution in [0.1, 0.15) is 165 Å². The van der Waals surface area contributed by atoms with E-state index >= 15 is 0 Å². The van der Waals surface area contributed by atoms with Crippen LogP contribution in [0.4, 0.5) is 19.2 Å². The van der Waals surface area contributed by atoms with Gasteiger partial charge in [0.1, 0.15) is 52.9 Å². The molecule has 6 aliphatic rings. The quantitative estimate of drug-likeness (QED) is 0.0203. The van der Waals surface area contributed by atoms with E-state index in [-0.39, 0.29) is 42.3 Å². The molecule has 13 aromatic rings. The van der Waals surface area contributed by atoms with Crippen molar-refractivity contribution < 1.29 is 57.1 Å². The van der Waals surface area contributed by atoms with Crippen LogP contribution >= 0.6 is 81.2 Å². The van der Waals surface area contributed by atoms with Crippen molar-refractivity contribution in [3.05, 3.63) is 287 Å². The standard InChI is InChI=1S/C31H33Cl2N3O3.C28H35ClN4O3.C27H32ClN3O3.C25H27Cl3N2O3/c1-3-35(4-2)17-5-19-38-24-11-6-21(7-12-24)30-29-26(27-20-23(33)10-15-28(27)34-29)16-18-36(30)31(37)39-25-13-8-22(32)9-14-25;1-3-35-28(34)33-13-11-23-24-19-21(29)7-10-25(24)30-26(23)27(33)20-5-8-22(9-6-20)36-18-4-12-32-16-14-31(2)15-17-32;1-3-33-27(32)31-14-12-22-23-15-20(28)8-11-24(23)29-25(22)26(31)19-6-9-21(10-7-19)34-17-18-5-4-13-30(2)16-18;1-15(2)24(28)33-25(31)30-12-10-19-20-14-17(27)6-9-21(20)29-22(19)23(30)16-4-7-18(8-5-16)32-13-3-11-26/h6-15,20,30,34H,3-5,16-19H2,1-2H3;5-10,19,27,30H,3-4,11-18H2,1-2H3;6-11,15,18,26,29H,3-5,12-14,16-17H2,1-2H3;4-9,14-15,23-24,29H,3,10-13H2,1-2H3. The Morgan fingerprint density at radius 3 is 1.12 bits per heavy atom. The number of amides is 4. The molecule has 142 heavy (non-hydrogen) atoms. The second-order valence-electron chi connectivity index (χ2n) is 37.2. The van der Waals surface area contributed by atoms with E-state index in [0.29, 0.717) is 115 Å². The van der Waals surface area contributed by atoms with Gasteiger partial charge < -0.3 is 77.4 Å². The van der Waals surface area contributed by atoms with Crippen LogP contribution < -0.4 is 23.7 Å². The highest BCUT2D eigenvalue weighted by molar-refractivity contribution is 6.33. The van der Waals surface area contributed by atoms with E-state index in [9.17, 15) is 19.2 Å². The number of aromatic nitrogens is 4. The normalized spacial score (nSPS) is 17.8. The molecule has 0 saturated carbocycles. The number of aromatic amines is 4. The number of piperazine rings is 1. The summed E-state index contributed by atoms with van der Waals surface area (Å²) < 4.78 is 46.1. The Morgan fingerprint density at radius 2 is 0.754 bits per heavy atom. The number of hydrogen-bond donors (Lipinski definition) is 4. The molecule has 19 rings (SSSR count). The summed E-state index contributed by atoms with van der Waals surface area (Å²) in [7, 11) is 4.35. The zero-order valence-corrected chi connectivity index (χ0v) is 87.1. The highest BCUT2D eigenvalue weighted by Crippen LogP contribution is 2.46. The zero-order chi connectivity index (χ0) is 99.6. The first kappa shape index (κ1) is 104. The van der Waals surface area contributed by atoms with Crippen molar-refractivity contribution in [3.63, 3.8) is 0 Å². The van der Waals surface area contributed by atoms with Gasteiger partial charge in [-0.2, -0.15) is 0 Å². The summed E-state index contributed by atoms with van der Waals surface area (Å²) in [5.41, 5.74) is 16.0. The SMILES string of the molecule is CC(C)C(Cl)OC(=O)N1CCc2c([nH]c3ccc(Cl)cc23)C1c1ccc(OCCCCl)cc1.CCN(CC)CCCOc1ccc(C2c3[nH]c4ccc(Cl)cc4c3CCN2C(=O)Oc2ccc(Cl)cc2)cc1.CCOC(=O)N1CCc2c([nH]c3ccc(Cl)cc23)C1c1ccc(OCC2CCCN(C)C2)cc1.CCOC(=O)N1CCc2c([nH]c3ccc(Cl)cc23)C1c1ccc(OCCCN2CCN(C)CC2)cc1. The van der Waals surface area contributed by atoms with Crippen molar-refractivity contribution in [1.82, 2.24) is 59.1 Å². The molecule has 10 heterocycles. The fraction of sp³-hybridized carbons (Fsp3) is 0.405. The first-order valence-electron chi connectivity index (χ1n) is 49.6. The molecule has 752 valence electrons. The number of nitrogens with zero attached hydrogens (tertiary/aromatic N) is 8. The van der Waals surface area contributed by atoms with Gasteiger partial charge in [0.2, 0.25) is 0 Å². The number of likely N-dealkylation sites (tertiary alicyclic amines) is 1. The molecule has 0 radical (unpaired) electrons. The molecule has 4 N–H and O–H groups in total. The van der Waals surface area contributed by atoms with E-state index in [1.807, 2.05) is 183 Å². The molecule has 9 aromatic carbocycles.